The van der Waals surface area contributed by atoms with E-state index >= 15 is 0 Å². The van der Waals surface area contributed by atoms with E-state index in [1.807, 2.05) is 13.8 Å². The number of benzene rings is 2. The molecule has 3 N–H and O–H groups in total. The number of hydrogen-bond acceptors (Lipinski definition) is 4. The predicted octanol–water partition coefficient (Wildman–Crippen LogP) is 2.93. The monoisotopic (exact) mass is 341 g/mol. The average molecular weight is 341 g/mol. The van der Waals surface area contributed by atoms with Gasteiger partial charge >= 0.3 is 0 Å². The molecule has 2 aromatic rings. The molecular weight excluding hydrogens is 318 g/mol. The standard InChI is InChI=1S/C19H23N3O3/c1-5-25-17-9-7-13(19(24)22(3)4)10-16(17)21-18(23)15-11-14(20)8-6-12(15)2/h6-11H,5,20H2,1-4H3,(H,21,23). The molecule has 0 aromatic heterocycles. The normalized spacial score (nSPS) is 10.2. The summed E-state index contributed by atoms with van der Waals surface area (Å²) in [6.07, 6.45) is 0. The Morgan fingerprint density at radius 3 is 2.52 bits per heavy atom. The van der Waals surface area contributed by atoms with Gasteiger partial charge < -0.3 is 20.7 Å². The van der Waals surface area contributed by atoms with Crippen molar-refractivity contribution in [3.63, 3.8) is 0 Å². The van der Waals surface area contributed by atoms with E-state index in [2.05, 4.69) is 5.32 Å². The van der Waals surface area contributed by atoms with Crippen LogP contribution in [0.4, 0.5) is 11.4 Å². The molecule has 0 heterocycles. The Balaban J connectivity index is 2.38. The lowest BCUT2D eigenvalue weighted by Crippen LogP contribution is -2.22. The number of ether oxygens (including phenoxy) is 1. The van der Waals surface area contributed by atoms with Gasteiger partial charge in [0.2, 0.25) is 0 Å². The molecule has 0 saturated heterocycles. The average Bonchev–Trinajstić information content (AvgIpc) is 2.57. The summed E-state index contributed by atoms with van der Waals surface area (Å²) in [5.41, 5.74) is 8.49. The first-order valence-electron chi connectivity index (χ1n) is 7.99. The third-order valence-electron chi connectivity index (χ3n) is 3.69. The van der Waals surface area contributed by atoms with E-state index in [-0.39, 0.29) is 11.8 Å². The van der Waals surface area contributed by atoms with Crippen LogP contribution >= 0.6 is 0 Å². The molecule has 2 amide bonds. The molecule has 0 radical (unpaired) electrons. The Morgan fingerprint density at radius 2 is 1.88 bits per heavy atom. The van der Waals surface area contributed by atoms with Crippen LogP contribution in [0.1, 0.15) is 33.2 Å². The van der Waals surface area contributed by atoms with Crippen LogP contribution in [0.2, 0.25) is 0 Å². The smallest absolute Gasteiger partial charge is 0.256 e. The van der Waals surface area contributed by atoms with Crippen LogP contribution in [-0.2, 0) is 0 Å². The molecule has 0 aliphatic rings. The van der Waals surface area contributed by atoms with Gasteiger partial charge in [-0.1, -0.05) is 6.07 Å². The molecule has 0 saturated carbocycles. The summed E-state index contributed by atoms with van der Waals surface area (Å²) < 4.78 is 5.56. The highest BCUT2D eigenvalue weighted by atomic mass is 16.5. The highest BCUT2D eigenvalue weighted by molar-refractivity contribution is 6.07. The number of nitrogen functional groups attached to an aromatic ring is 1. The van der Waals surface area contributed by atoms with Crippen LogP contribution in [0.15, 0.2) is 36.4 Å². The molecule has 0 atom stereocenters. The summed E-state index contributed by atoms with van der Waals surface area (Å²) in [5, 5.41) is 2.82. The van der Waals surface area contributed by atoms with Gasteiger partial charge in [0.1, 0.15) is 5.75 Å². The van der Waals surface area contributed by atoms with E-state index < -0.39 is 0 Å². The van der Waals surface area contributed by atoms with Crippen molar-refractivity contribution in [1.82, 2.24) is 4.90 Å². The first-order chi connectivity index (χ1) is 11.8. The van der Waals surface area contributed by atoms with Gasteiger partial charge in [0.15, 0.2) is 0 Å². The number of nitrogens with one attached hydrogen (secondary N) is 1. The molecule has 0 unspecified atom stereocenters. The Bertz CT molecular complexity index is 800. The summed E-state index contributed by atoms with van der Waals surface area (Å²) in [4.78, 5) is 26.3. The Hall–Kier alpha value is -3.02. The van der Waals surface area contributed by atoms with E-state index in [1.165, 1.54) is 4.90 Å². The zero-order valence-electron chi connectivity index (χ0n) is 14.9. The van der Waals surface area contributed by atoms with Crippen molar-refractivity contribution in [2.75, 3.05) is 31.8 Å². The van der Waals surface area contributed by atoms with Gasteiger partial charge in [-0.3, -0.25) is 9.59 Å². The molecule has 25 heavy (non-hydrogen) atoms. The number of hydrogen-bond donors (Lipinski definition) is 2. The highest BCUT2D eigenvalue weighted by Crippen LogP contribution is 2.27. The zero-order chi connectivity index (χ0) is 18.6. The van der Waals surface area contributed by atoms with Crippen molar-refractivity contribution in [1.29, 1.82) is 0 Å². The maximum Gasteiger partial charge on any atom is 0.256 e. The topological polar surface area (TPSA) is 84.7 Å². The number of carbonyl (C=O) groups is 2. The quantitative estimate of drug-likeness (QED) is 0.819. The summed E-state index contributed by atoms with van der Waals surface area (Å²) >= 11 is 0. The Morgan fingerprint density at radius 1 is 1.16 bits per heavy atom. The summed E-state index contributed by atoms with van der Waals surface area (Å²) in [6, 6.07) is 10.1. The first-order valence-corrected chi connectivity index (χ1v) is 7.99. The Kier molecular flexibility index (Phi) is 5.64. The minimum Gasteiger partial charge on any atom is -0.492 e. The third kappa shape index (κ3) is 4.29. The van der Waals surface area contributed by atoms with E-state index in [1.54, 1.807) is 50.5 Å². The minimum atomic E-state index is -0.305. The summed E-state index contributed by atoms with van der Waals surface area (Å²) in [5.74, 6) is 0.0478. The third-order valence-corrected chi connectivity index (χ3v) is 3.69. The fourth-order valence-electron chi connectivity index (χ4n) is 2.37. The molecule has 0 fully saturated rings. The summed E-state index contributed by atoms with van der Waals surface area (Å²) in [7, 11) is 3.35. The second-order valence-corrected chi connectivity index (χ2v) is 5.87. The van der Waals surface area contributed by atoms with Gasteiger partial charge in [-0.05, 0) is 49.7 Å². The van der Waals surface area contributed by atoms with Crippen LogP contribution in [0.3, 0.4) is 0 Å². The maximum absolute atomic E-state index is 12.6. The lowest BCUT2D eigenvalue weighted by molar-refractivity contribution is 0.0827. The van der Waals surface area contributed by atoms with Gasteiger partial charge in [-0.25, -0.2) is 0 Å². The number of rotatable bonds is 5. The molecule has 2 aromatic carbocycles. The largest absolute Gasteiger partial charge is 0.492 e. The number of amides is 2. The minimum absolute atomic E-state index is 0.154. The molecule has 132 valence electrons. The van der Waals surface area contributed by atoms with Gasteiger partial charge in [0.25, 0.3) is 11.8 Å². The molecule has 6 heteroatoms. The second-order valence-electron chi connectivity index (χ2n) is 5.87. The van der Waals surface area contributed by atoms with Crippen LogP contribution in [0.5, 0.6) is 5.75 Å². The highest BCUT2D eigenvalue weighted by Gasteiger charge is 2.16. The number of carbonyl (C=O) groups excluding carboxylic acids is 2. The second kappa shape index (κ2) is 7.70. The van der Waals surface area contributed by atoms with Gasteiger partial charge in [0, 0.05) is 30.9 Å². The predicted molar refractivity (Wildman–Crippen MR) is 99.2 cm³/mol. The number of anilines is 2. The number of nitrogens with two attached hydrogens (primary N) is 1. The van der Waals surface area contributed by atoms with Crippen LogP contribution in [-0.4, -0.2) is 37.4 Å². The molecule has 6 nitrogen and oxygen atoms in total. The van der Waals surface area contributed by atoms with E-state index in [9.17, 15) is 9.59 Å². The maximum atomic E-state index is 12.6. The van der Waals surface area contributed by atoms with Crippen molar-refractivity contribution < 1.29 is 14.3 Å². The zero-order valence-corrected chi connectivity index (χ0v) is 14.9. The van der Waals surface area contributed by atoms with Gasteiger partial charge in [-0.15, -0.1) is 0 Å². The van der Waals surface area contributed by atoms with Crippen LogP contribution in [0.25, 0.3) is 0 Å². The molecule has 0 aliphatic heterocycles. The molecule has 0 spiro atoms. The summed E-state index contributed by atoms with van der Waals surface area (Å²) in [6.45, 7) is 4.14. The van der Waals surface area contributed by atoms with E-state index in [4.69, 9.17) is 10.5 Å². The number of nitrogens with zero attached hydrogens (tertiary/aromatic N) is 1. The lowest BCUT2D eigenvalue weighted by Gasteiger charge is -2.16. The van der Waals surface area contributed by atoms with Crippen molar-refractivity contribution >= 4 is 23.2 Å². The molecular formula is C19H23N3O3. The van der Waals surface area contributed by atoms with E-state index in [0.717, 1.165) is 5.56 Å². The number of aryl methyl sites for hydroxylation is 1. The first kappa shape index (κ1) is 18.3. The van der Waals surface area contributed by atoms with Gasteiger partial charge in [-0.2, -0.15) is 0 Å². The van der Waals surface area contributed by atoms with Gasteiger partial charge in [0.05, 0.1) is 12.3 Å². The Labute approximate surface area is 147 Å². The molecule has 0 aliphatic carbocycles. The van der Waals surface area contributed by atoms with Crippen molar-refractivity contribution in [3.8, 4) is 5.75 Å². The van der Waals surface area contributed by atoms with Crippen molar-refractivity contribution in [3.05, 3.63) is 53.1 Å². The van der Waals surface area contributed by atoms with E-state index in [0.29, 0.717) is 34.9 Å². The van der Waals surface area contributed by atoms with Crippen molar-refractivity contribution in [2.45, 2.75) is 13.8 Å². The fourth-order valence-corrected chi connectivity index (χ4v) is 2.37. The lowest BCUT2D eigenvalue weighted by atomic mass is 10.1. The SMILES string of the molecule is CCOc1ccc(C(=O)N(C)C)cc1NC(=O)c1cc(N)ccc1C. The molecule has 2 rings (SSSR count). The van der Waals surface area contributed by atoms with Crippen molar-refractivity contribution in [2.24, 2.45) is 0 Å². The van der Waals surface area contributed by atoms with Crippen LogP contribution < -0.4 is 15.8 Å². The van der Waals surface area contributed by atoms with Crippen LogP contribution in [0, 0.1) is 6.92 Å². The fraction of sp³-hybridized carbons (Fsp3) is 0.263. The molecule has 0 bridgehead atoms.